The number of hydrogen-bond donors (Lipinski definition) is 1. The van der Waals surface area contributed by atoms with Gasteiger partial charge in [0.2, 0.25) is 0 Å². The van der Waals surface area contributed by atoms with Crippen LogP contribution >= 0.6 is 11.8 Å². The fourth-order valence-electron chi connectivity index (χ4n) is 2.79. The molecule has 0 atom stereocenters. The van der Waals surface area contributed by atoms with Crippen molar-refractivity contribution in [3.63, 3.8) is 0 Å². The van der Waals surface area contributed by atoms with Crippen molar-refractivity contribution in [1.82, 2.24) is 5.32 Å². The van der Waals surface area contributed by atoms with E-state index in [1.54, 1.807) is 0 Å². The summed E-state index contributed by atoms with van der Waals surface area (Å²) in [7, 11) is 0. The fraction of sp³-hybridized carbons (Fsp3) is 0.944. The molecule has 1 heterocycles. The van der Waals surface area contributed by atoms with Crippen LogP contribution in [0, 0.1) is 5.41 Å². The monoisotopic (exact) mass is 312 g/mol. The summed E-state index contributed by atoms with van der Waals surface area (Å²) in [6.07, 6.45) is 13.6. The maximum Gasteiger partial charge on any atom is 0.156 e. The van der Waals surface area contributed by atoms with Crippen LogP contribution in [0.2, 0.25) is 0 Å². The largest absolute Gasteiger partial charge is 0.365 e. The Morgan fingerprint density at radius 2 is 1.57 bits per heavy atom. The van der Waals surface area contributed by atoms with Crippen molar-refractivity contribution in [1.29, 1.82) is 0 Å². The quantitative estimate of drug-likeness (QED) is 0.500. The topological polar surface area (TPSA) is 24.4 Å². The lowest BCUT2D eigenvalue weighted by Gasteiger charge is -2.33. The van der Waals surface area contributed by atoms with Gasteiger partial charge in [-0.2, -0.15) is 0 Å². The van der Waals surface area contributed by atoms with Crippen molar-refractivity contribution in [2.45, 2.75) is 85.0 Å². The van der Waals surface area contributed by atoms with Gasteiger partial charge in [-0.3, -0.25) is 4.99 Å². The van der Waals surface area contributed by atoms with E-state index < -0.39 is 0 Å². The summed E-state index contributed by atoms with van der Waals surface area (Å²) in [5.74, 6) is 1.24. The molecule has 0 bridgehead atoms. The zero-order valence-corrected chi connectivity index (χ0v) is 15.4. The molecule has 124 valence electrons. The maximum absolute atomic E-state index is 4.76. The average molecular weight is 313 g/mol. The first-order chi connectivity index (χ1) is 10.3. The van der Waals surface area contributed by atoms with Crippen LogP contribution in [0.25, 0.3) is 0 Å². The number of rotatable bonds is 11. The van der Waals surface area contributed by atoms with E-state index in [-0.39, 0.29) is 0 Å². The predicted molar refractivity (Wildman–Crippen MR) is 98.4 cm³/mol. The van der Waals surface area contributed by atoms with Crippen LogP contribution in [-0.4, -0.2) is 24.0 Å². The average Bonchev–Trinajstić information content (AvgIpc) is 2.54. The number of unbranched alkanes of at least 4 members (excludes halogenated alkanes) is 7. The summed E-state index contributed by atoms with van der Waals surface area (Å²) >= 11 is 1.94. The lowest BCUT2D eigenvalue weighted by atomic mass is 9.84. The van der Waals surface area contributed by atoms with Gasteiger partial charge in [-0.05, 0) is 24.7 Å². The van der Waals surface area contributed by atoms with E-state index in [1.165, 1.54) is 75.1 Å². The Labute approximate surface area is 137 Å². The van der Waals surface area contributed by atoms with Gasteiger partial charge in [-0.15, -0.1) is 0 Å². The zero-order chi connectivity index (χ0) is 15.4. The van der Waals surface area contributed by atoms with Crippen molar-refractivity contribution in [2.24, 2.45) is 10.4 Å². The third-order valence-electron chi connectivity index (χ3n) is 4.88. The second-order valence-corrected chi connectivity index (χ2v) is 7.48. The number of hydrogen-bond acceptors (Lipinski definition) is 3. The molecule has 0 saturated carbocycles. The Bertz CT molecular complexity index is 285. The smallest absolute Gasteiger partial charge is 0.156 e. The molecule has 0 aromatic rings. The molecule has 1 N–H and O–H groups in total. The van der Waals surface area contributed by atoms with Crippen molar-refractivity contribution >= 4 is 16.9 Å². The van der Waals surface area contributed by atoms with Crippen LogP contribution in [0.1, 0.15) is 85.0 Å². The van der Waals surface area contributed by atoms with Gasteiger partial charge >= 0.3 is 0 Å². The Kier molecular flexibility index (Phi) is 10.2. The second kappa shape index (κ2) is 11.4. The first-order valence-corrected chi connectivity index (χ1v) is 10.2. The molecule has 0 saturated heterocycles. The number of thioether (sulfide) groups is 1. The molecule has 0 amide bonds. The van der Waals surface area contributed by atoms with Gasteiger partial charge in [-0.25, -0.2) is 0 Å². The Hall–Kier alpha value is -0.180. The second-order valence-electron chi connectivity index (χ2n) is 6.52. The molecule has 1 aliphatic heterocycles. The van der Waals surface area contributed by atoms with E-state index >= 15 is 0 Å². The van der Waals surface area contributed by atoms with E-state index in [1.807, 2.05) is 11.8 Å². The zero-order valence-electron chi connectivity index (χ0n) is 14.5. The highest BCUT2D eigenvalue weighted by Gasteiger charge is 2.29. The Morgan fingerprint density at radius 1 is 0.952 bits per heavy atom. The van der Waals surface area contributed by atoms with Crippen molar-refractivity contribution in [2.75, 3.05) is 18.8 Å². The molecule has 21 heavy (non-hydrogen) atoms. The standard InChI is InChI=1S/C18H36N2S/c1-4-7-8-9-10-11-12-13-14-19-17-20-15-18(5-2,6-3)16-21-17/h4-16H2,1-3H3,(H,19,20). The van der Waals surface area contributed by atoms with E-state index in [4.69, 9.17) is 4.99 Å². The van der Waals surface area contributed by atoms with Crippen molar-refractivity contribution < 1.29 is 0 Å². The van der Waals surface area contributed by atoms with Crippen molar-refractivity contribution in [3.8, 4) is 0 Å². The van der Waals surface area contributed by atoms with Gasteiger partial charge in [0.05, 0.1) is 0 Å². The molecule has 0 fully saturated rings. The number of aliphatic imine (C=N–C) groups is 1. The van der Waals surface area contributed by atoms with E-state index in [0.717, 1.165) is 13.1 Å². The molecule has 0 aromatic heterocycles. The first kappa shape index (κ1) is 18.9. The third kappa shape index (κ3) is 7.58. The molecule has 3 heteroatoms. The van der Waals surface area contributed by atoms with Crippen LogP contribution in [-0.2, 0) is 0 Å². The molecular weight excluding hydrogens is 276 g/mol. The molecule has 1 rings (SSSR count). The molecule has 0 aromatic carbocycles. The van der Waals surface area contributed by atoms with Crippen LogP contribution in [0.5, 0.6) is 0 Å². The predicted octanol–water partition coefficient (Wildman–Crippen LogP) is 5.63. The fourth-order valence-corrected chi connectivity index (χ4v) is 4.09. The van der Waals surface area contributed by atoms with E-state index in [9.17, 15) is 0 Å². The molecule has 1 aliphatic rings. The summed E-state index contributed by atoms with van der Waals surface area (Å²) in [5, 5.41) is 4.72. The van der Waals surface area contributed by atoms with Crippen molar-refractivity contribution in [3.05, 3.63) is 0 Å². The molecule has 0 spiro atoms. The minimum absolute atomic E-state index is 0.467. The minimum Gasteiger partial charge on any atom is -0.365 e. The first-order valence-electron chi connectivity index (χ1n) is 9.17. The SMILES string of the molecule is CCCCCCCCCCNC1=NCC(CC)(CC)CS1. The molecule has 0 radical (unpaired) electrons. The maximum atomic E-state index is 4.76. The minimum atomic E-state index is 0.467. The van der Waals surface area contributed by atoms with Gasteiger partial charge in [-0.1, -0.05) is 77.5 Å². The lowest BCUT2D eigenvalue weighted by Crippen LogP contribution is -2.34. The summed E-state index contributed by atoms with van der Waals surface area (Å²) in [4.78, 5) is 4.76. The van der Waals surface area contributed by atoms with Gasteiger partial charge in [0.15, 0.2) is 5.17 Å². The highest BCUT2D eigenvalue weighted by molar-refractivity contribution is 8.13. The van der Waals surface area contributed by atoms with E-state index in [0.29, 0.717) is 5.41 Å². The summed E-state index contributed by atoms with van der Waals surface area (Å²) < 4.78 is 0. The molecule has 2 nitrogen and oxygen atoms in total. The lowest BCUT2D eigenvalue weighted by molar-refractivity contribution is 0.318. The molecule has 0 aliphatic carbocycles. The summed E-state index contributed by atoms with van der Waals surface area (Å²) in [6, 6.07) is 0. The highest BCUT2D eigenvalue weighted by atomic mass is 32.2. The van der Waals surface area contributed by atoms with Crippen LogP contribution in [0.4, 0.5) is 0 Å². The summed E-state index contributed by atoms with van der Waals surface area (Å²) in [6.45, 7) is 9.01. The van der Waals surface area contributed by atoms with Gasteiger partial charge in [0, 0.05) is 18.8 Å². The summed E-state index contributed by atoms with van der Waals surface area (Å²) in [5.41, 5.74) is 0.467. The number of amidine groups is 1. The van der Waals surface area contributed by atoms with Crippen LogP contribution < -0.4 is 5.32 Å². The number of nitrogens with one attached hydrogen (secondary N) is 1. The third-order valence-corrected chi connectivity index (χ3v) is 6.18. The van der Waals surface area contributed by atoms with Crippen LogP contribution in [0.3, 0.4) is 0 Å². The Morgan fingerprint density at radius 3 is 2.10 bits per heavy atom. The molecular formula is C18H36N2S. The van der Waals surface area contributed by atoms with E-state index in [2.05, 4.69) is 26.1 Å². The van der Waals surface area contributed by atoms with Crippen LogP contribution in [0.15, 0.2) is 4.99 Å². The van der Waals surface area contributed by atoms with Gasteiger partial charge in [0.25, 0.3) is 0 Å². The van der Waals surface area contributed by atoms with Gasteiger partial charge < -0.3 is 5.32 Å². The van der Waals surface area contributed by atoms with Gasteiger partial charge in [0.1, 0.15) is 0 Å². The molecule has 0 unspecified atom stereocenters. The number of nitrogens with zero attached hydrogens (tertiary/aromatic N) is 1. The highest BCUT2D eigenvalue weighted by Crippen LogP contribution is 2.34. The Balaban J connectivity index is 2.00. The normalized spacial score (nSPS) is 17.6.